The number of anilines is 2. The van der Waals surface area contributed by atoms with Gasteiger partial charge < -0.3 is 10.6 Å². The van der Waals surface area contributed by atoms with Crippen molar-refractivity contribution < 1.29 is 9.18 Å². The molecular weight excluding hydrogens is 376 g/mol. The number of nitrogens with one attached hydrogen (secondary N) is 2. The fourth-order valence-electron chi connectivity index (χ4n) is 2.27. The van der Waals surface area contributed by atoms with E-state index in [4.69, 9.17) is 23.2 Å². The number of rotatable bonds is 5. The van der Waals surface area contributed by atoms with Crippen molar-refractivity contribution in [2.45, 2.75) is 6.54 Å². The van der Waals surface area contributed by atoms with E-state index in [1.807, 2.05) is 0 Å². The number of amides is 1. The summed E-state index contributed by atoms with van der Waals surface area (Å²) in [6, 6.07) is 14.4. The quantitative estimate of drug-likeness (QED) is 0.630. The van der Waals surface area contributed by atoms with Crippen LogP contribution in [0, 0.1) is 5.82 Å². The molecule has 0 fully saturated rings. The number of carbonyl (C=O) groups is 1. The molecule has 3 aromatic rings. The van der Waals surface area contributed by atoms with Gasteiger partial charge in [0.1, 0.15) is 11.5 Å². The fraction of sp³-hybridized carbons (Fsp3) is 0.0526. The second-order valence-electron chi connectivity index (χ2n) is 5.46. The van der Waals surface area contributed by atoms with Crippen molar-refractivity contribution in [2.75, 3.05) is 5.32 Å². The molecule has 0 radical (unpaired) electrons. The lowest BCUT2D eigenvalue weighted by Crippen LogP contribution is -2.23. The molecule has 0 atom stereocenters. The minimum Gasteiger partial charge on any atom is -0.353 e. The van der Waals surface area contributed by atoms with Crippen molar-refractivity contribution in [1.29, 1.82) is 0 Å². The van der Waals surface area contributed by atoms with Crippen LogP contribution in [-0.4, -0.2) is 10.9 Å². The highest BCUT2D eigenvalue weighted by atomic mass is 35.5. The molecule has 26 heavy (non-hydrogen) atoms. The van der Waals surface area contributed by atoms with Crippen LogP contribution in [0.5, 0.6) is 0 Å². The predicted molar refractivity (Wildman–Crippen MR) is 102 cm³/mol. The van der Waals surface area contributed by atoms with Gasteiger partial charge in [-0.25, -0.2) is 4.39 Å². The summed E-state index contributed by atoms with van der Waals surface area (Å²) in [6.07, 6.45) is 1.51. The van der Waals surface area contributed by atoms with Crippen LogP contribution in [0.4, 0.5) is 15.8 Å². The van der Waals surface area contributed by atoms with Gasteiger partial charge in [-0.15, -0.1) is 0 Å². The number of halogens is 3. The molecule has 0 aliphatic carbocycles. The summed E-state index contributed by atoms with van der Waals surface area (Å²) in [7, 11) is 0. The first-order chi connectivity index (χ1) is 12.5. The molecule has 7 heteroatoms. The van der Waals surface area contributed by atoms with Crippen molar-refractivity contribution in [1.82, 2.24) is 10.3 Å². The minimum atomic E-state index is -0.344. The average Bonchev–Trinajstić information content (AvgIpc) is 2.64. The summed E-state index contributed by atoms with van der Waals surface area (Å²) in [6.45, 7) is 0.273. The van der Waals surface area contributed by atoms with E-state index in [-0.39, 0.29) is 24.0 Å². The van der Waals surface area contributed by atoms with Crippen molar-refractivity contribution in [3.63, 3.8) is 0 Å². The van der Waals surface area contributed by atoms with Crippen LogP contribution in [0.15, 0.2) is 60.8 Å². The predicted octanol–water partition coefficient (Wildman–Crippen LogP) is 5.20. The Morgan fingerprint density at radius 3 is 2.42 bits per heavy atom. The number of pyridine rings is 1. The van der Waals surface area contributed by atoms with E-state index in [2.05, 4.69) is 15.6 Å². The highest BCUT2D eigenvalue weighted by Crippen LogP contribution is 2.32. The number of hydrogen-bond acceptors (Lipinski definition) is 3. The summed E-state index contributed by atoms with van der Waals surface area (Å²) in [5.74, 6) is -0.665. The highest BCUT2D eigenvalue weighted by molar-refractivity contribution is 6.39. The SMILES string of the molecule is O=C(NCc1ccc(F)cc1)c1cc(Nc2c(Cl)cccc2Cl)ccn1. The van der Waals surface area contributed by atoms with Gasteiger partial charge in [0.05, 0.1) is 15.7 Å². The summed E-state index contributed by atoms with van der Waals surface area (Å²) in [4.78, 5) is 16.4. The maximum absolute atomic E-state index is 12.9. The molecule has 1 heterocycles. The van der Waals surface area contributed by atoms with Gasteiger partial charge in [-0.1, -0.05) is 41.4 Å². The van der Waals surface area contributed by atoms with Crippen LogP contribution < -0.4 is 10.6 Å². The van der Waals surface area contributed by atoms with Crippen LogP contribution in [0.2, 0.25) is 10.0 Å². The molecule has 2 aromatic carbocycles. The lowest BCUT2D eigenvalue weighted by Gasteiger charge is -2.11. The Balaban J connectivity index is 1.70. The Hall–Kier alpha value is -2.63. The summed E-state index contributed by atoms with van der Waals surface area (Å²) >= 11 is 12.3. The van der Waals surface area contributed by atoms with E-state index >= 15 is 0 Å². The van der Waals surface area contributed by atoms with Gasteiger partial charge in [-0.2, -0.15) is 0 Å². The van der Waals surface area contributed by atoms with E-state index in [9.17, 15) is 9.18 Å². The van der Waals surface area contributed by atoms with E-state index in [1.165, 1.54) is 18.3 Å². The number of para-hydroxylation sites is 1. The molecule has 2 N–H and O–H groups in total. The molecule has 0 saturated carbocycles. The van der Waals surface area contributed by atoms with Crippen LogP contribution in [-0.2, 0) is 6.54 Å². The second kappa shape index (κ2) is 8.17. The van der Waals surface area contributed by atoms with Crippen LogP contribution in [0.1, 0.15) is 16.1 Å². The van der Waals surface area contributed by atoms with Crippen LogP contribution in [0.25, 0.3) is 0 Å². The van der Waals surface area contributed by atoms with Gasteiger partial charge in [0.25, 0.3) is 5.91 Å². The van der Waals surface area contributed by atoms with Gasteiger partial charge in [0, 0.05) is 18.4 Å². The van der Waals surface area contributed by atoms with E-state index in [1.54, 1.807) is 42.5 Å². The third kappa shape index (κ3) is 4.50. The van der Waals surface area contributed by atoms with Crippen molar-refractivity contribution >= 4 is 40.5 Å². The number of benzene rings is 2. The molecule has 3 rings (SSSR count). The van der Waals surface area contributed by atoms with E-state index < -0.39 is 0 Å². The largest absolute Gasteiger partial charge is 0.353 e. The Kier molecular flexibility index (Phi) is 5.71. The fourth-order valence-corrected chi connectivity index (χ4v) is 2.76. The number of carbonyl (C=O) groups excluding carboxylic acids is 1. The number of nitrogens with zero attached hydrogens (tertiary/aromatic N) is 1. The molecular formula is C19H14Cl2FN3O. The van der Waals surface area contributed by atoms with Gasteiger partial charge in [0.15, 0.2) is 0 Å². The Morgan fingerprint density at radius 1 is 1.04 bits per heavy atom. The smallest absolute Gasteiger partial charge is 0.270 e. The van der Waals surface area contributed by atoms with Gasteiger partial charge in [0.2, 0.25) is 0 Å². The first-order valence-corrected chi connectivity index (χ1v) is 8.48. The molecule has 4 nitrogen and oxygen atoms in total. The Bertz CT molecular complexity index is 912. The maximum Gasteiger partial charge on any atom is 0.270 e. The Morgan fingerprint density at radius 2 is 1.73 bits per heavy atom. The molecule has 0 aliphatic rings. The molecule has 0 bridgehead atoms. The maximum atomic E-state index is 12.9. The third-order valence-electron chi connectivity index (χ3n) is 3.59. The summed E-state index contributed by atoms with van der Waals surface area (Å²) < 4.78 is 12.9. The highest BCUT2D eigenvalue weighted by Gasteiger charge is 2.10. The third-order valence-corrected chi connectivity index (χ3v) is 4.22. The molecule has 0 spiro atoms. The van der Waals surface area contributed by atoms with Crippen molar-refractivity contribution in [2.24, 2.45) is 0 Å². The monoisotopic (exact) mass is 389 g/mol. The standard InChI is InChI=1S/C19H14Cl2FN3O/c20-15-2-1-3-16(21)18(15)25-14-8-9-23-17(10-14)19(26)24-11-12-4-6-13(22)7-5-12/h1-10H,11H2,(H,23,25)(H,24,26). The van der Waals surface area contributed by atoms with E-state index in [0.717, 1.165) is 5.56 Å². The summed E-state index contributed by atoms with van der Waals surface area (Å²) in [5.41, 5.74) is 2.21. The minimum absolute atomic E-state index is 0.236. The average molecular weight is 390 g/mol. The number of hydrogen-bond donors (Lipinski definition) is 2. The number of aromatic nitrogens is 1. The zero-order valence-electron chi connectivity index (χ0n) is 13.5. The molecule has 1 amide bonds. The molecule has 0 saturated heterocycles. The first-order valence-electron chi connectivity index (χ1n) is 7.72. The van der Waals surface area contributed by atoms with Gasteiger partial charge in [-0.05, 0) is 42.0 Å². The van der Waals surface area contributed by atoms with Gasteiger partial charge >= 0.3 is 0 Å². The van der Waals surface area contributed by atoms with Crippen molar-refractivity contribution in [3.05, 3.63) is 87.9 Å². The zero-order valence-corrected chi connectivity index (χ0v) is 15.0. The molecule has 1 aromatic heterocycles. The second-order valence-corrected chi connectivity index (χ2v) is 6.27. The Labute approximate surface area is 160 Å². The molecule has 0 unspecified atom stereocenters. The summed E-state index contributed by atoms with van der Waals surface area (Å²) in [5, 5.41) is 6.77. The molecule has 132 valence electrons. The lowest BCUT2D eigenvalue weighted by atomic mass is 10.2. The van der Waals surface area contributed by atoms with Crippen LogP contribution in [0.3, 0.4) is 0 Å². The lowest BCUT2D eigenvalue weighted by molar-refractivity contribution is 0.0946. The topological polar surface area (TPSA) is 54.0 Å². The normalized spacial score (nSPS) is 10.4. The van der Waals surface area contributed by atoms with Crippen LogP contribution >= 0.6 is 23.2 Å². The van der Waals surface area contributed by atoms with E-state index in [0.29, 0.717) is 21.4 Å². The van der Waals surface area contributed by atoms with Gasteiger partial charge in [-0.3, -0.25) is 9.78 Å². The molecule has 0 aliphatic heterocycles. The zero-order chi connectivity index (χ0) is 18.5. The first kappa shape index (κ1) is 18.2. The van der Waals surface area contributed by atoms with Crippen molar-refractivity contribution in [3.8, 4) is 0 Å².